The average molecular weight is 276 g/mol. The molecule has 2 N–H and O–H groups in total. The molecule has 3 rings (SSSR count). The zero-order chi connectivity index (χ0) is 14.0. The van der Waals surface area contributed by atoms with Gasteiger partial charge in [-0.1, -0.05) is 12.1 Å². The summed E-state index contributed by atoms with van der Waals surface area (Å²) in [6, 6.07) is 6.71. The molecule has 20 heavy (non-hydrogen) atoms. The Morgan fingerprint density at radius 2 is 2.15 bits per heavy atom. The van der Waals surface area contributed by atoms with E-state index in [1.807, 2.05) is 0 Å². The van der Waals surface area contributed by atoms with Crippen molar-refractivity contribution < 1.29 is 9.84 Å². The Morgan fingerprint density at radius 1 is 1.35 bits per heavy atom. The van der Waals surface area contributed by atoms with Gasteiger partial charge in [-0.25, -0.2) is 0 Å². The third-order valence-electron chi connectivity index (χ3n) is 4.69. The van der Waals surface area contributed by atoms with Gasteiger partial charge in [-0.3, -0.25) is 0 Å². The normalized spacial score (nSPS) is 21.0. The molecule has 0 spiro atoms. The summed E-state index contributed by atoms with van der Waals surface area (Å²) in [6.07, 6.45) is 2.91. The molecule has 2 aliphatic heterocycles. The van der Waals surface area contributed by atoms with Gasteiger partial charge in [-0.05, 0) is 36.5 Å². The Kier molecular flexibility index (Phi) is 3.96. The number of fused-ring (bicyclic) bond motifs is 1. The van der Waals surface area contributed by atoms with Gasteiger partial charge in [0.15, 0.2) is 0 Å². The van der Waals surface area contributed by atoms with E-state index >= 15 is 0 Å². The molecule has 110 valence electrons. The summed E-state index contributed by atoms with van der Waals surface area (Å²) >= 11 is 0. The summed E-state index contributed by atoms with van der Waals surface area (Å²) in [4.78, 5) is 2.31. The van der Waals surface area contributed by atoms with Crippen molar-refractivity contribution in [3.8, 4) is 0 Å². The van der Waals surface area contributed by atoms with Crippen LogP contribution in [0.5, 0.6) is 0 Å². The molecule has 4 heteroatoms. The second-order valence-electron chi connectivity index (χ2n) is 6.04. The second-order valence-corrected chi connectivity index (χ2v) is 6.04. The van der Waals surface area contributed by atoms with Crippen LogP contribution in [-0.4, -0.2) is 44.1 Å². The number of nitrogens with one attached hydrogen (secondary N) is 1. The smallest absolute Gasteiger partial charge is 0.0615 e. The highest BCUT2D eigenvalue weighted by Crippen LogP contribution is 2.28. The number of hydrogen-bond acceptors (Lipinski definition) is 4. The first-order chi connectivity index (χ1) is 9.72. The molecule has 1 saturated heterocycles. The molecule has 4 nitrogen and oxygen atoms in total. The van der Waals surface area contributed by atoms with E-state index in [1.54, 1.807) is 0 Å². The Morgan fingerprint density at radius 3 is 2.90 bits per heavy atom. The van der Waals surface area contributed by atoms with Gasteiger partial charge in [-0.2, -0.15) is 0 Å². The van der Waals surface area contributed by atoms with E-state index < -0.39 is 0 Å². The minimum atomic E-state index is -0.159. The minimum Gasteiger partial charge on any atom is -0.394 e. The van der Waals surface area contributed by atoms with Crippen LogP contribution in [0.2, 0.25) is 0 Å². The van der Waals surface area contributed by atoms with Gasteiger partial charge in [0, 0.05) is 44.6 Å². The molecule has 0 atom stereocenters. The van der Waals surface area contributed by atoms with Crippen molar-refractivity contribution in [3.05, 3.63) is 29.3 Å². The highest BCUT2D eigenvalue weighted by Gasteiger charge is 2.31. The number of anilines is 1. The topological polar surface area (TPSA) is 44.7 Å². The summed E-state index contributed by atoms with van der Waals surface area (Å²) in [6.45, 7) is 3.59. The molecule has 0 aliphatic carbocycles. The SMILES string of the molecule is CN1CCc2cc(CNC3(CO)CCOCC3)ccc21. The quantitative estimate of drug-likeness (QED) is 0.870. The lowest BCUT2D eigenvalue weighted by atomic mass is 9.90. The molecule has 0 amide bonds. The summed E-state index contributed by atoms with van der Waals surface area (Å²) in [5.74, 6) is 0. The largest absolute Gasteiger partial charge is 0.394 e. The molecule has 0 bridgehead atoms. The first kappa shape index (κ1) is 13.9. The zero-order valence-electron chi connectivity index (χ0n) is 12.2. The average Bonchev–Trinajstić information content (AvgIpc) is 2.87. The minimum absolute atomic E-state index is 0.159. The highest BCUT2D eigenvalue weighted by atomic mass is 16.5. The molecular formula is C16H24N2O2. The zero-order valence-corrected chi connectivity index (χ0v) is 12.2. The van der Waals surface area contributed by atoms with Crippen molar-refractivity contribution in [2.45, 2.75) is 31.3 Å². The predicted molar refractivity (Wildman–Crippen MR) is 80.1 cm³/mol. The van der Waals surface area contributed by atoms with Crippen molar-refractivity contribution in [1.29, 1.82) is 0 Å². The van der Waals surface area contributed by atoms with Crippen molar-refractivity contribution in [1.82, 2.24) is 5.32 Å². The molecular weight excluding hydrogens is 252 g/mol. The van der Waals surface area contributed by atoms with Crippen molar-refractivity contribution in [3.63, 3.8) is 0 Å². The van der Waals surface area contributed by atoms with Crippen LogP contribution in [0.15, 0.2) is 18.2 Å². The van der Waals surface area contributed by atoms with Gasteiger partial charge in [0.05, 0.1) is 6.61 Å². The molecule has 0 saturated carbocycles. The second kappa shape index (κ2) is 5.72. The fourth-order valence-electron chi connectivity index (χ4n) is 3.17. The molecule has 1 aromatic rings. The fourth-order valence-corrected chi connectivity index (χ4v) is 3.17. The Bertz CT molecular complexity index is 470. The summed E-state index contributed by atoms with van der Waals surface area (Å²) in [7, 11) is 2.15. The monoisotopic (exact) mass is 276 g/mol. The first-order valence-corrected chi connectivity index (χ1v) is 7.49. The molecule has 0 aromatic heterocycles. The molecule has 0 radical (unpaired) electrons. The van der Waals surface area contributed by atoms with Crippen LogP contribution in [0.4, 0.5) is 5.69 Å². The van der Waals surface area contributed by atoms with E-state index in [0.29, 0.717) is 0 Å². The van der Waals surface area contributed by atoms with Crippen LogP contribution in [0, 0.1) is 0 Å². The maximum Gasteiger partial charge on any atom is 0.0615 e. The number of aliphatic hydroxyl groups is 1. The van der Waals surface area contributed by atoms with Crippen LogP contribution in [0.25, 0.3) is 0 Å². The van der Waals surface area contributed by atoms with Gasteiger partial charge >= 0.3 is 0 Å². The van der Waals surface area contributed by atoms with E-state index in [2.05, 4.69) is 35.5 Å². The number of aliphatic hydroxyl groups excluding tert-OH is 1. The van der Waals surface area contributed by atoms with E-state index in [9.17, 15) is 5.11 Å². The molecule has 1 fully saturated rings. The number of likely N-dealkylation sites (N-methyl/N-ethyl adjacent to an activating group) is 1. The highest BCUT2D eigenvalue weighted by molar-refractivity contribution is 5.58. The van der Waals surface area contributed by atoms with Crippen LogP contribution < -0.4 is 10.2 Å². The van der Waals surface area contributed by atoms with Gasteiger partial charge in [0.2, 0.25) is 0 Å². The summed E-state index contributed by atoms with van der Waals surface area (Å²) < 4.78 is 5.39. The van der Waals surface area contributed by atoms with Gasteiger partial charge < -0.3 is 20.1 Å². The molecule has 0 unspecified atom stereocenters. The molecule has 2 heterocycles. The van der Waals surface area contributed by atoms with Crippen molar-refractivity contribution in [2.75, 3.05) is 38.3 Å². The number of hydrogen-bond donors (Lipinski definition) is 2. The first-order valence-electron chi connectivity index (χ1n) is 7.49. The number of nitrogens with zero attached hydrogens (tertiary/aromatic N) is 1. The number of ether oxygens (including phenoxy) is 1. The maximum absolute atomic E-state index is 9.68. The number of rotatable bonds is 4. The lowest BCUT2D eigenvalue weighted by Gasteiger charge is -2.36. The maximum atomic E-state index is 9.68. The lowest BCUT2D eigenvalue weighted by molar-refractivity contribution is 0.0112. The third-order valence-corrected chi connectivity index (χ3v) is 4.69. The van der Waals surface area contributed by atoms with Crippen LogP contribution in [-0.2, 0) is 17.7 Å². The van der Waals surface area contributed by atoms with E-state index in [-0.39, 0.29) is 12.1 Å². The summed E-state index contributed by atoms with van der Waals surface area (Å²) in [5, 5.41) is 13.2. The van der Waals surface area contributed by atoms with Gasteiger partial charge in [0.1, 0.15) is 0 Å². The van der Waals surface area contributed by atoms with Gasteiger partial charge in [-0.15, -0.1) is 0 Å². The van der Waals surface area contributed by atoms with E-state index in [4.69, 9.17) is 4.74 Å². The Balaban J connectivity index is 1.66. The Hall–Kier alpha value is -1.10. The number of benzene rings is 1. The van der Waals surface area contributed by atoms with Crippen LogP contribution in [0.1, 0.15) is 24.0 Å². The third kappa shape index (κ3) is 2.68. The fraction of sp³-hybridized carbons (Fsp3) is 0.625. The van der Waals surface area contributed by atoms with Crippen LogP contribution in [0.3, 0.4) is 0 Å². The molecule has 2 aliphatic rings. The molecule has 1 aromatic carbocycles. The van der Waals surface area contributed by atoms with Crippen molar-refractivity contribution >= 4 is 5.69 Å². The van der Waals surface area contributed by atoms with Crippen molar-refractivity contribution in [2.24, 2.45) is 0 Å². The summed E-state index contributed by atoms with van der Waals surface area (Å²) in [5.41, 5.74) is 3.94. The predicted octanol–water partition coefficient (Wildman–Crippen LogP) is 1.31. The van der Waals surface area contributed by atoms with E-state index in [0.717, 1.165) is 45.6 Å². The Labute approximate surface area is 120 Å². The van der Waals surface area contributed by atoms with Gasteiger partial charge in [0.25, 0.3) is 0 Å². The van der Waals surface area contributed by atoms with Crippen LogP contribution >= 0.6 is 0 Å². The lowest BCUT2D eigenvalue weighted by Crippen LogP contribution is -2.51. The standard InChI is InChI=1S/C16H24N2O2/c1-18-7-4-14-10-13(2-3-15(14)18)11-17-16(12-19)5-8-20-9-6-16/h2-3,10,17,19H,4-9,11-12H2,1H3. The van der Waals surface area contributed by atoms with E-state index in [1.165, 1.54) is 16.8 Å².